The molecule has 0 amide bonds. The molecule has 0 aliphatic rings. The predicted molar refractivity (Wildman–Crippen MR) is 73.6 cm³/mol. The molecule has 1 aromatic rings. The van der Waals surface area contributed by atoms with Crippen molar-refractivity contribution >= 4 is 11.9 Å². The highest BCUT2D eigenvalue weighted by atomic mass is 16.6. The van der Waals surface area contributed by atoms with Crippen molar-refractivity contribution in [1.29, 1.82) is 0 Å². The molecule has 0 aliphatic carbocycles. The van der Waals surface area contributed by atoms with E-state index in [1.54, 1.807) is 20.8 Å². The molecule has 0 N–H and O–H groups in total. The summed E-state index contributed by atoms with van der Waals surface area (Å²) in [5, 5.41) is 0. The third-order valence-corrected chi connectivity index (χ3v) is 2.04. The maximum atomic E-state index is 11.7. The van der Waals surface area contributed by atoms with Crippen LogP contribution < -0.4 is 0 Å². The Kier molecular flexibility index (Phi) is 4.63. The summed E-state index contributed by atoms with van der Waals surface area (Å²) in [7, 11) is 0. The molecule has 0 unspecified atom stereocenters. The van der Waals surface area contributed by atoms with Crippen molar-refractivity contribution in [2.45, 2.75) is 47.1 Å². The van der Waals surface area contributed by atoms with Crippen LogP contribution >= 0.6 is 0 Å². The summed E-state index contributed by atoms with van der Waals surface area (Å²) in [6.45, 7) is 11.4. The van der Waals surface area contributed by atoms with Gasteiger partial charge in [0.2, 0.25) is 11.5 Å². The zero-order valence-electron chi connectivity index (χ0n) is 12.9. The van der Waals surface area contributed by atoms with E-state index < -0.39 is 17.5 Å². The third kappa shape index (κ3) is 5.47. The SMILES string of the molecule is CC(C)(C)COC(=O)c1ccc(C(=O)OC(C)(C)C)o1. The Morgan fingerprint density at radius 1 is 1.00 bits per heavy atom. The highest BCUT2D eigenvalue weighted by molar-refractivity contribution is 5.91. The third-order valence-electron chi connectivity index (χ3n) is 2.04. The lowest BCUT2D eigenvalue weighted by molar-refractivity contribution is 0.00325. The van der Waals surface area contributed by atoms with Crippen LogP contribution in [0.4, 0.5) is 0 Å². The summed E-state index contributed by atoms with van der Waals surface area (Å²) in [5.41, 5.74) is -0.743. The minimum atomic E-state index is -0.614. The van der Waals surface area contributed by atoms with Crippen LogP contribution in [0.5, 0.6) is 0 Å². The maximum Gasteiger partial charge on any atom is 0.374 e. The predicted octanol–water partition coefficient (Wildman–Crippen LogP) is 3.44. The first-order valence-electron chi connectivity index (χ1n) is 6.48. The summed E-state index contributed by atoms with van der Waals surface area (Å²) in [4.78, 5) is 23.5. The van der Waals surface area contributed by atoms with E-state index in [0.29, 0.717) is 0 Å². The standard InChI is InChI=1S/C15H22O5/c1-14(2,3)9-18-12(16)10-7-8-11(19-10)13(17)20-15(4,5)6/h7-8H,9H2,1-6H3. The molecule has 0 spiro atoms. The molecule has 0 saturated carbocycles. The monoisotopic (exact) mass is 282 g/mol. The lowest BCUT2D eigenvalue weighted by Gasteiger charge is -2.18. The summed E-state index contributed by atoms with van der Waals surface area (Å²) < 4.78 is 15.4. The van der Waals surface area contributed by atoms with Crippen LogP contribution in [0.25, 0.3) is 0 Å². The van der Waals surface area contributed by atoms with Crippen LogP contribution in [0.2, 0.25) is 0 Å². The van der Waals surface area contributed by atoms with Crippen LogP contribution in [0.15, 0.2) is 16.5 Å². The molecular weight excluding hydrogens is 260 g/mol. The fourth-order valence-electron chi connectivity index (χ4n) is 1.24. The molecule has 0 radical (unpaired) electrons. The highest BCUT2D eigenvalue weighted by Crippen LogP contribution is 2.17. The van der Waals surface area contributed by atoms with Crippen molar-refractivity contribution in [3.8, 4) is 0 Å². The van der Waals surface area contributed by atoms with E-state index in [9.17, 15) is 9.59 Å². The number of carbonyl (C=O) groups excluding carboxylic acids is 2. The van der Waals surface area contributed by atoms with Crippen LogP contribution in [0, 0.1) is 5.41 Å². The average Bonchev–Trinajstić information content (AvgIpc) is 2.71. The smallest absolute Gasteiger partial charge is 0.374 e. The molecule has 5 nitrogen and oxygen atoms in total. The van der Waals surface area contributed by atoms with E-state index >= 15 is 0 Å². The molecule has 112 valence electrons. The first kappa shape index (κ1) is 16.3. The van der Waals surface area contributed by atoms with Gasteiger partial charge in [0.15, 0.2) is 0 Å². The zero-order chi connectivity index (χ0) is 15.6. The molecule has 1 rings (SSSR count). The Bertz CT molecular complexity index is 485. The number of hydrogen-bond acceptors (Lipinski definition) is 5. The first-order valence-corrected chi connectivity index (χ1v) is 6.48. The van der Waals surface area contributed by atoms with Gasteiger partial charge in [-0.15, -0.1) is 0 Å². The topological polar surface area (TPSA) is 65.7 Å². The minimum Gasteiger partial charge on any atom is -0.459 e. The number of carbonyl (C=O) groups is 2. The molecule has 0 fully saturated rings. The Labute approximate surface area is 119 Å². The van der Waals surface area contributed by atoms with Crippen molar-refractivity contribution in [1.82, 2.24) is 0 Å². The summed E-state index contributed by atoms with van der Waals surface area (Å²) >= 11 is 0. The lowest BCUT2D eigenvalue weighted by Crippen LogP contribution is -2.23. The second-order valence-corrected chi connectivity index (χ2v) is 6.80. The number of ether oxygens (including phenoxy) is 2. The Morgan fingerprint density at radius 2 is 1.50 bits per heavy atom. The number of hydrogen-bond donors (Lipinski definition) is 0. The summed E-state index contributed by atoms with van der Waals surface area (Å²) in [6.07, 6.45) is 0. The van der Waals surface area contributed by atoms with E-state index in [1.165, 1.54) is 12.1 Å². The van der Waals surface area contributed by atoms with Gasteiger partial charge in [-0.25, -0.2) is 9.59 Å². The molecule has 20 heavy (non-hydrogen) atoms. The minimum absolute atomic E-state index is 0.00453. The van der Waals surface area contributed by atoms with Gasteiger partial charge in [0, 0.05) is 0 Å². The van der Waals surface area contributed by atoms with Gasteiger partial charge in [-0.05, 0) is 38.3 Å². The molecule has 5 heteroatoms. The molecule has 1 heterocycles. The van der Waals surface area contributed by atoms with Crippen LogP contribution in [0.3, 0.4) is 0 Å². The zero-order valence-corrected chi connectivity index (χ0v) is 12.9. The molecule has 0 aliphatic heterocycles. The van der Waals surface area contributed by atoms with Crippen LogP contribution in [-0.4, -0.2) is 24.1 Å². The molecule has 0 bridgehead atoms. The second kappa shape index (κ2) is 5.69. The fourth-order valence-corrected chi connectivity index (χ4v) is 1.24. The van der Waals surface area contributed by atoms with E-state index in [-0.39, 0.29) is 23.5 Å². The number of esters is 2. The van der Waals surface area contributed by atoms with E-state index in [1.807, 2.05) is 20.8 Å². The maximum absolute atomic E-state index is 11.7. The van der Waals surface area contributed by atoms with Gasteiger partial charge in [-0.3, -0.25) is 0 Å². The quantitative estimate of drug-likeness (QED) is 0.794. The summed E-state index contributed by atoms with van der Waals surface area (Å²) in [6, 6.07) is 2.81. The molecular formula is C15H22O5. The van der Waals surface area contributed by atoms with Gasteiger partial charge in [-0.2, -0.15) is 0 Å². The summed E-state index contributed by atoms with van der Waals surface area (Å²) in [5.74, 6) is -1.21. The van der Waals surface area contributed by atoms with Crippen molar-refractivity contribution in [2.75, 3.05) is 6.61 Å². The Hall–Kier alpha value is -1.78. The van der Waals surface area contributed by atoms with Crippen molar-refractivity contribution in [3.63, 3.8) is 0 Å². The lowest BCUT2D eigenvalue weighted by atomic mass is 9.99. The van der Waals surface area contributed by atoms with Gasteiger partial charge >= 0.3 is 11.9 Å². The van der Waals surface area contributed by atoms with Gasteiger partial charge in [0.05, 0.1) is 6.61 Å². The van der Waals surface area contributed by atoms with Crippen molar-refractivity contribution < 1.29 is 23.5 Å². The average molecular weight is 282 g/mol. The van der Waals surface area contributed by atoms with E-state index in [0.717, 1.165) is 0 Å². The normalized spacial score (nSPS) is 12.1. The highest BCUT2D eigenvalue weighted by Gasteiger charge is 2.23. The first-order chi connectivity index (χ1) is 8.98. The Balaban J connectivity index is 2.68. The number of furan rings is 1. The largest absolute Gasteiger partial charge is 0.459 e. The Morgan fingerprint density at radius 3 is 1.95 bits per heavy atom. The number of rotatable bonds is 3. The molecule has 1 aromatic heterocycles. The fraction of sp³-hybridized carbons (Fsp3) is 0.600. The van der Waals surface area contributed by atoms with E-state index in [4.69, 9.17) is 13.9 Å². The van der Waals surface area contributed by atoms with E-state index in [2.05, 4.69) is 0 Å². The van der Waals surface area contributed by atoms with Gasteiger partial charge in [-0.1, -0.05) is 20.8 Å². The van der Waals surface area contributed by atoms with Gasteiger partial charge in [0.25, 0.3) is 0 Å². The second-order valence-electron chi connectivity index (χ2n) is 6.80. The molecule has 0 atom stereocenters. The van der Waals surface area contributed by atoms with Gasteiger partial charge < -0.3 is 13.9 Å². The van der Waals surface area contributed by atoms with Crippen molar-refractivity contribution in [3.05, 3.63) is 23.7 Å². The van der Waals surface area contributed by atoms with Crippen LogP contribution in [0.1, 0.15) is 62.7 Å². The molecule has 0 saturated heterocycles. The van der Waals surface area contributed by atoms with Crippen LogP contribution in [-0.2, 0) is 9.47 Å². The molecule has 0 aromatic carbocycles. The van der Waals surface area contributed by atoms with Crippen molar-refractivity contribution in [2.24, 2.45) is 5.41 Å². The van der Waals surface area contributed by atoms with Gasteiger partial charge in [0.1, 0.15) is 5.60 Å².